The normalized spacial score (nSPS) is 49.9. The van der Waals surface area contributed by atoms with Crippen LogP contribution in [0.25, 0.3) is 0 Å². The van der Waals surface area contributed by atoms with Gasteiger partial charge in [0.2, 0.25) is 0 Å². The third kappa shape index (κ3) is 3.62. The molecule has 15 atom stereocenters. The van der Waals surface area contributed by atoms with Gasteiger partial charge in [-0.25, -0.2) is 4.79 Å². The Balaban J connectivity index is 1.53. The second-order valence-corrected chi connectivity index (χ2v) is 14.4. The molecule has 12 heteroatoms. The lowest BCUT2D eigenvalue weighted by molar-refractivity contribution is -0.322. The molecule has 0 radical (unpaired) electrons. The van der Waals surface area contributed by atoms with Crippen LogP contribution in [0.4, 0.5) is 0 Å². The first-order chi connectivity index (χ1) is 22.0. The standard InChI is InChI=1S/C34H47NO11/c1-7-35-15-31(16-41-3)20(37)13-21(42-4)33-19-14-32(40)28(45-30(39)18-11-9-8-10-12-18)22(19)34(46-17(2)36,27(38)29(32)44-6)23(26(33)35)24(43-5)25(31)33/h8-12,19-29,37-38,40H,7,13-16H2,1-6H3/t19-,20-,21-,22-,23+,24+,25-,26+,27+,28-,29+,31+,32-,33+,34-/m1/s1. The Bertz CT molecular complexity index is 1360. The molecule has 1 saturated heterocycles. The highest BCUT2D eigenvalue weighted by atomic mass is 16.6. The molecule has 1 heterocycles. The highest BCUT2D eigenvalue weighted by Crippen LogP contribution is 2.80. The number of rotatable bonds is 9. The number of benzene rings is 1. The minimum atomic E-state index is -1.83. The summed E-state index contributed by atoms with van der Waals surface area (Å²) in [5.74, 6) is -3.65. The van der Waals surface area contributed by atoms with Gasteiger partial charge in [0.15, 0.2) is 5.60 Å². The van der Waals surface area contributed by atoms with Gasteiger partial charge in [-0.2, -0.15) is 0 Å². The van der Waals surface area contributed by atoms with Gasteiger partial charge >= 0.3 is 11.9 Å². The monoisotopic (exact) mass is 645 g/mol. The Morgan fingerprint density at radius 1 is 1.00 bits per heavy atom. The number of piperidine rings is 1. The van der Waals surface area contributed by atoms with Crippen molar-refractivity contribution in [3.63, 3.8) is 0 Å². The van der Waals surface area contributed by atoms with Gasteiger partial charge < -0.3 is 43.7 Å². The summed E-state index contributed by atoms with van der Waals surface area (Å²) in [4.78, 5) is 29.3. The molecule has 6 aliphatic rings. The van der Waals surface area contributed by atoms with Gasteiger partial charge in [0.1, 0.15) is 23.9 Å². The topological polar surface area (TPSA) is 153 Å². The minimum Gasteiger partial charge on any atom is -0.455 e. The molecule has 12 nitrogen and oxygen atoms in total. The van der Waals surface area contributed by atoms with E-state index in [9.17, 15) is 24.9 Å². The molecule has 5 saturated carbocycles. The Kier molecular flexibility index (Phi) is 7.69. The van der Waals surface area contributed by atoms with Crippen molar-refractivity contribution in [3.05, 3.63) is 35.9 Å². The fourth-order valence-corrected chi connectivity index (χ4v) is 12.3. The van der Waals surface area contributed by atoms with E-state index in [4.69, 9.17) is 28.4 Å². The second-order valence-electron chi connectivity index (χ2n) is 14.4. The first-order valence-electron chi connectivity index (χ1n) is 16.3. The number of esters is 2. The lowest BCUT2D eigenvalue weighted by Crippen LogP contribution is -2.81. The quantitative estimate of drug-likeness (QED) is 0.323. The largest absolute Gasteiger partial charge is 0.455 e. The average molecular weight is 646 g/mol. The van der Waals surface area contributed by atoms with Crippen molar-refractivity contribution in [2.75, 3.05) is 48.1 Å². The lowest BCUT2D eigenvalue weighted by atomic mass is 9.42. The first kappa shape index (κ1) is 32.4. The van der Waals surface area contributed by atoms with Crippen LogP contribution in [0.3, 0.4) is 0 Å². The molecule has 1 aromatic rings. The van der Waals surface area contributed by atoms with E-state index in [-0.39, 0.29) is 25.0 Å². The minimum absolute atomic E-state index is 0.0791. The average Bonchev–Trinajstić information content (AvgIpc) is 3.41. The van der Waals surface area contributed by atoms with E-state index >= 15 is 0 Å². The Labute approximate surface area is 269 Å². The number of fused-ring (bicyclic) bond motifs is 2. The molecule has 1 aromatic carbocycles. The Morgan fingerprint density at radius 3 is 2.30 bits per heavy atom. The summed E-state index contributed by atoms with van der Waals surface area (Å²) in [5.41, 5.74) is -4.79. The van der Waals surface area contributed by atoms with E-state index < -0.39 is 88.3 Å². The van der Waals surface area contributed by atoms with E-state index in [1.807, 2.05) is 6.92 Å². The molecule has 0 unspecified atom stereocenters. The third-order valence-electron chi connectivity index (χ3n) is 13.2. The van der Waals surface area contributed by atoms with Crippen molar-refractivity contribution >= 4 is 11.9 Å². The van der Waals surface area contributed by atoms with E-state index in [0.29, 0.717) is 25.1 Å². The van der Waals surface area contributed by atoms with Gasteiger partial charge in [0.25, 0.3) is 0 Å². The van der Waals surface area contributed by atoms with Crippen LogP contribution in [0.15, 0.2) is 30.3 Å². The highest BCUT2D eigenvalue weighted by Gasteiger charge is 2.92. The van der Waals surface area contributed by atoms with Crippen LogP contribution in [-0.4, -0.2) is 134 Å². The molecule has 7 bridgehead atoms. The number of aliphatic hydroxyl groups excluding tert-OH is 2. The Morgan fingerprint density at radius 2 is 1.72 bits per heavy atom. The van der Waals surface area contributed by atoms with Gasteiger partial charge in [-0.05, 0) is 31.0 Å². The zero-order valence-electron chi connectivity index (χ0n) is 27.3. The predicted molar refractivity (Wildman–Crippen MR) is 160 cm³/mol. The van der Waals surface area contributed by atoms with E-state index in [1.54, 1.807) is 51.7 Å². The van der Waals surface area contributed by atoms with Crippen molar-refractivity contribution in [1.29, 1.82) is 0 Å². The molecule has 7 rings (SSSR count). The van der Waals surface area contributed by atoms with Gasteiger partial charge in [-0.15, -0.1) is 0 Å². The molecule has 5 aliphatic carbocycles. The molecule has 0 aromatic heterocycles. The molecule has 0 amide bonds. The number of carbonyl (C=O) groups is 2. The molecule has 6 fully saturated rings. The van der Waals surface area contributed by atoms with Crippen LogP contribution in [0.1, 0.15) is 37.0 Å². The molecule has 1 spiro atoms. The van der Waals surface area contributed by atoms with Gasteiger partial charge in [0.05, 0.1) is 30.5 Å². The van der Waals surface area contributed by atoms with Crippen molar-refractivity contribution in [2.45, 2.75) is 80.6 Å². The maximum absolute atomic E-state index is 13.8. The van der Waals surface area contributed by atoms with Crippen molar-refractivity contribution in [1.82, 2.24) is 4.90 Å². The number of carbonyl (C=O) groups excluding carboxylic acids is 2. The highest BCUT2D eigenvalue weighted by molar-refractivity contribution is 5.89. The summed E-state index contributed by atoms with van der Waals surface area (Å²) in [5, 5.41) is 37.3. The number of methoxy groups -OCH3 is 4. The van der Waals surface area contributed by atoms with Crippen LogP contribution in [0.2, 0.25) is 0 Å². The molecule has 254 valence electrons. The summed E-state index contributed by atoms with van der Waals surface area (Å²) < 4.78 is 37.4. The number of ether oxygens (including phenoxy) is 6. The van der Waals surface area contributed by atoms with Crippen molar-refractivity contribution in [2.24, 2.45) is 34.5 Å². The summed E-state index contributed by atoms with van der Waals surface area (Å²) in [7, 11) is 6.27. The van der Waals surface area contributed by atoms with Crippen LogP contribution >= 0.6 is 0 Å². The summed E-state index contributed by atoms with van der Waals surface area (Å²) >= 11 is 0. The summed E-state index contributed by atoms with van der Waals surface area (Å²) in [6, 6.07) is 8.18. The fraction of sp³-hybridized carbons (Fsp3) is 0.765. The zero-order chi connectivity index (χ0) is 33.0. The molecule has 1 aliphatic heterocycles. The first-order valence-corrected chi connectivity index (χ1v) is 16.3. The van der Waals surface area contributed by atoms with E-state index in [1.165, 1.54) is 14.0 Å². The van der Waals surface area contributed by atoms with E-state index in [2.05, 4.69) is 4.90 Å². The zero-order valence-corrected chi connectivity index (χ0v) is 27.3. The van der Waals surface area contributed by atoms with Crippen LogP contribution < -0.4 is 0 Å². The number of aliphatic hydroxyl groups is 3. The summed E-state index contributed by atoms with van der Waals surface area (Å²) in [6.45, 7) is 4.68. The van der Waals surface area contributed by atoms with Gasteiger partial charge in [-0.1, -0.05) is 25.1 Å². The number of nitrogens with zero attached hydrogens (tertiary/aromatic N) is 1. The van der Waals surface area contributed by atoms with E-state index in [0.717, 1.165) is 0 Å². The molecular formula is C34H47NO11. The van der Waals surface area contributed by atoms with Crippen LogP contribution in [-0.2, 0) is 33.2 Å². The smallest absolute Gasteiger partial charge is 0.338 e. The SMILES string of the molecule is CCN1C[C@]2(COC)[C@H](O)C[C@@H](OC)[C@@]34[C@@H]5C[C@@]6(O)[C@H](OC(=O)c7ccccc7)[C@@H]5[C@@](OC(C)=O)([C@@H]([C@H](OC)[C@H]23)[C@H]14)[C@@H](O)[C@@H]6OC. The summed E-state index contributed by atoms with van der Waals surface area (Å²) in [6.07, 6.45) is -5.49. The molecular weight excluding hydrogens is 598 g/mol. The maximum Gasteiger partial charge on any atom is 0.338 e. The predicted octanol–water partition coefficient (Wildman–Crippen LogP) is 0.648. The second kappa shape index (κ2) is 10.9. The number of likely N-dealkylation sites (tertiary alicyclic amines) is 1. The fourth-order valence-electron chi connectivity index (χ4n) is 12.3. The molecule has 3 N–H and O–H groups in total. The number of hydrogen-bond acceptors (Lipinski definition) is 12. The van der Waals surface area contributed by atoms with Crippen molar-refractivity contribution < 1.29 is 53.3 Å². The maximum atomic E-state index is 13.8. The molecule has 46 heavy (non-hydrogen) atoms. The number of hydrogen-bond donors (Lipinski definition) is 3. The van der Waals surface area contributed by atoms with Crippen LogP contribution in [0, 0.1) is 34.5 Å². The van der Waals surface area contributed by atoms with Crippen LogP contribution in [0.5, 0.6) is 0 Å². The Hall–Kier alpha value is -2.16. The lowest BCUT2D eigenvalue weighted by Gasteiger charge is -2.70. The third-order valence-corrected chi connectivity index (χ3v) is 13.2. The van der Waals surface area contributed by atoms with Crippen molar-refractivity contribution in [3.8, 4) is 0 Å². The van der Waals surface area contributed by atoms with Gasteiger partial charge in [-0.3, -0.25) is 9.69 Å². The van der Waals surface area contributed by atoms with Gasteiger partial charge in [0, 0.05) is 83.0 Å².